The van der Waals surface area contributed by atoms with E-state index in [1.165, 1.54) is 0 Å². The quantitative estimate of drug-likeness (QED) is 0.781. The van der Waals surface area contributed by atoms with Crippen LogP contribution in [0.1, 0.15) is 50.7 Å². The molecule has 5 unspecified atom stereocenters. The first-order valence-corrected chi connectivity index (χ1v) is 10.8. The summed E-state index contributed by atoms with van der Waals surface area (Å²) in [6.07, 6.45) is 3.07. The van der Waals surface area contributed by atoms with Gasteiger partial charge in [0.15, 0.2) is 5.41 Å². The van der Waals surface area contributed by atoms with Gasteiger partial charge in [-0.15, -0.1) is 0 Å². The van der Waals surface area contributed by atoms with E-state index in [-0.39, 0.29) is 5.90 Å². The predicted octanol–water partition coefficient (Wildman–Crippen LogP) is 4.29. The number of hydrogen-bond donors (Lipinski definition) is 1. The second-order valence-corrected chi connectivity index (χ2v) is 9.16. The summed E-state index contributed by atoms with van der Waals surface area (Å²) in [6, 6.07) is 14.0. The van der Waals surface area contributed by atoms with Crippen LogP contribution < -0.4 is 4.90 Å². The van der Waals surface area contributed by atoms with Crippen LogP contribution >= 0.6 is 0 Å². The normalized spacial score (nSPS) is 35.1. The molecular formula is C24H27N5O2. The van der Waals surface area contributed by atoms with Gasteiger partial charge in [-0.2, -0.15) is 15.8 Å². The number of hydrogen-bond acceptors (Lipinski definition) is 7. The van der Waals surface area contributed by atoms with Crippen LogP contribution in [0, 0.1) is 62.1 Å². The fourth-order valence-electron chi connectivity index (χ4n) is 5.84. The molecule has 0 aromatic heterocycles. The van der Waals surface area contributed by atoms with E-state index in [2.05, 4.69) is 25.1 Å². The second kappa shape index (κ2) is 7.26. The zero-order valence-electron chi connectivity index (χ0n) is 18.2. The molecule has 1 aliphatic carbocycles. The molecule has 1 N–H and O–H groups in total. The van der Waals surface area contributed by atoms with Gasteiger partial charge in [0.05, 0.1) is 24.1 Å². The van der Waals surface area contributed by atoms with Gasteiger partial charge >= 0.3 is 0 Å². The van der Waals surface area contributed by atoms with Gasteiger partial charge in [-0.1, -0.05) is 31.9 Å². The molecule has 2 aliphatic heterocycles. The highest BCUT2D eigenvalue weighted by atomic mass is 16.7. The minimum absolute atomic E-state index is 0.298. The van der Waals surface area contributed by atoms with Crippen molar-refractivity contribution >= 4 is 11.6 Å². The average molecular weight is 418 g/mol. The zero-order chi connectivity index (χ0) is 22.4. The molecule has 3 fully saturated rings. The van der Waals surface area contributed by atoms with E-state index in [1.807, 2.05) is 43.3 Å². The number of rotatable bonds is 4. The van der Waals surface area contributed by atoms with E-state index in [9.17, 15) is 15.8 Å². The van der Waals surface area contributed by atoms with Crippen LogP contribution in [-0.4, -0.2) is 25.8 Å². The molecule has 1 aromatic carbocycles. The summed E-state index contributed by atoms with van der Waals surface area (Å²) in [6.45, 7) is 2.12. The number of nitriles is 3. The summed E-state index contributed by atoms with van der Waals surface area (Å²) in [5.41, 5.74) is -1.93. The molecule has 1 saturated carbocycles. The lowest BCUT2D eigenvalue weighted by molar-refractivity contribution is -0.299. The SMILES string of the molecule is CCCC1CCC23OC(=N)C(C#N)(C2C1)C(C#N)(C#N)C(c1ccc(N(C)C)cc1)O3. The molecule has 3 aliphatic rings. The van der Waals surface area contributed by atoms with Crippen LogP contribution in [-0.2, 0) is 9.47 Å². The smallest absolute Gasteiger partial charge is 0.217 e. The minimum Gasteiger partial charge on any atom is -0.447 e. The molecular weight excluding hydrogens is 390 g/mol. The number of ether oxygens (including phenoxy) is 2. The molecule has 2 bridgehead atoms. The monoisotopic (exact) mass is 417 g/mol. The molecule has 2 saturated heterocycles. The number of nitrogens with one attached hydrogen (secondary N) is 1. The standard InChI is InChI=1S/C24H27N5O2/c1-4-5-16-10-11-24-19(12-16)23(15-27,21(28)31-24)22(13-25,14-26)20(30-24)17-6-8-18(9-7-17)29(2)3/h6-9,16,19-20,28H,4-5,10-12H2,1-3H3. The Balaban J connectivity index is 1.88. The third-order valence-corrected chi connectivity index (χ3v) is 7.43. The lowest BCUT2D eigenvalue weighted by Crippen LogP contribution is -2.61. The second-order valence-electron chi connectivity index (χ2n) is 9.16. The van der Waals surface area contributed by atoms with Gasteiger partial charge in [-0.3, -0.25) is 5.41 Å². The molecule has 7 nitrogen and oxygen atoms in total. The Bertz CT molecular complexity index is 1000. The van der Waals surface area contributed by atoms with Crippen molar-refractivity contribution in [2.45, 2.75) is 50.9 Å². The zero-order valence-corrected chi connectivity index (χ0v) is 18.2. The van der Waals surface area contributed by atoms with Gasteiger partial charge in [0, 0.05) is 26.2 Å². The summed E-state index contributed by atoms with van der Waals surface area (Å²) in [7, 11) is 3.86. The van der Waals surface area contributed by atoms with Crippen LogP contribution in [0.5, 0.6) is 0 Å². The highest BCUT2D eigenvalue weighted by Gasteiger charge is 2.80. The van der Waals surface area contributed by atoms with Gasteiger partial charge < -0.3 is 14.4 Å². The van der Waals surface area contributed by atoms with Gasteiger partial charge in [0.2, 0.25) is 17.1 Å². The van der Waals surface area contributed by atoms with Crippen LogP contribution in [0.25, 0.3) is 0 Å². The fourth-order valence-corrected chi connectivity index (χ4v) is 5.84. The Hall–Kier alpha value is -3.08. The van der Waals surface area contributed by atoms with Crippen LogP contribution in [0.2, 0.25) is 0 Å². The van der Waals surface area contributed by atoms with Crippen molar-refractivity contribution in [3.8, 4) is 18.2 Å². The first kappa shape index (κ1) is 21.2. The lowest BCUT2D eigenvalue weighted by Gasteiger charge is -2.52. The van der Waals surface area contributed by atoms with Crippen molar-refractivity contribution in [2.24, 2.45) is 22.7 Å². The van der Waals surface area contributed by atoms with E-state index in [0.717, 1.165) is 24.9 Å². The van der Waals surface area contributed by atoms with E-state index >= 15 is 0 Å². The highest BCUT2D eigenvalue weighted by molar-refractivity contribution is 5.89. The Morgan fingerprint density at radius 1 is 1.13 bits per heavy atom. The van der Waals surface area contributed by atoms with Crippen molar-refractivity contribution in [1.82, 2.24) is 0 Å². The largest absolute Gasteiger partial charge is 0.447 e. The molecule has 2 heterocycles. The lowest BCUT2D eigenvalue weighted by atomic mass is 9.50. The van der Waals surface area contributed by atoms with Crippen molar-refractivity contribution in [3.63, 3.8) is 0 Å². The first-order valence-electron chi connectivity index (χ1n) is 10.8. The maximum Gasteiger partial charge on any atom is 0.217 e. The summed E-state index contributed by atoms with van der Waals surface area (Å²) < 4.78 is 12.5. The fraction of sp³-hybridized carbons (Fsp3) is 0.583. The predicted molar refractivity (Wildman–Crippen MR) is 114 cm³/mol. The summed E-state index contributed by atoms with van der Waals surface area (Å²) in [5, 5.41) is 39.8. The average Bonchev–Trinajstić information content (AvgIpc) is 2.98. The van der Waals surface area contributed by atoms with Gasteiger partial charge in [-0.25, -0.2) is 0 Å². The molecule has 5 atom stereocenters. The molecule has 0 spiro atoms. The summed E-state index contributed by atoms with van der Waals surface area (Å²) in [5.74, 6) is -1.59. The van der Waals surface area contributed by atoms with E-state index in [4.69, 9.17) is 14.9 Å². The molecule has 31 heavy (non-hydrogen) atoms. The van der Waals surface area contributed by atoms with Gasteiger partial charge in [-0.05, 0) is 36.5 Å². The third-order valence-electron chi connectivity index (χ3n) is 7.43. The van der Waals surface area contributed by atoms with Crippen molar-refractivity contribution < 1.29 is 9.47 Å². The van der Waals surface area contributed by atoms with E-state index < -0.39 is 28.6 Å². The maximum atomic E-state index is 10.4. The highest BCUT2D eigenvalue weighted by Crippen LogP contribution is 2.70. The van der Waals surface area contributed by atoms with Crippen LogP contribution in [0.3, 0.4) is 0 Å². The van der Waals surface area contributed by atoms with Gasteiger partial charge in [0.25, 0.3) is 0 Å². The molecule has 4 rings (SSSR count). The van der Waals surface area contributed by atoms with Crippen molar-refractivity contribution in [3.05, 3.63) is 29.8 Å². The number of nitrogens with zero attached hydrogens (tertiary/aromatic N) is 4. The van der Waals surface area contributed by atoms with Crippen LogP contribution in [0.4, 0.5) is 5.69 Å². The molecule has 1 aromatic rings. The van der Waals surface area contributed by atoms with E-state index in [0.29, 0.717) is 24.3 Å². The molecule has 0 amide bonds. The van der Waals surface area contributed by atoms with Crippen LogP contribution in [0.15, 0.2) is 24.3 Å². The Morgan fingerprint density at radius 2 is 1.81 bits per heavy atom. The Morgan fingerprint density at radius 3 is 2.35 bits per heavy atom. The Kier molecular flexibility index (Phi) is 4.95. The van der Waals surface area contributed by atoms with E-state index in [1.54, 1.807) is 0 Å². The molecule has 0 radical (unpaired) electrons. The van der Waals surface area contributed by atoms with Gasteiger partial charge in [0.1, 0.15) is 6.10 Å². The number of benzene rings is 1. The molecule has 7 heteroatoms. The minimum atomic E-state index is -1.88. The molecule has 160 valence electrons. The first-order chi connectivity index (χ1) is 14.8. The summed E-state index contributed by atoms with van der Waals surface area (Å²) in [4.78, 5) is 1.95. The summed E-state index contributed by atoms with van der Waals surface area (Å²) >= 11 is 0. The van der Waals surface area contributed by atoms with Crippen molar-refractivity contribution in [2.75, 3.05) is 19.0 Å². The third kappa shape index (κ3) is 2.62. The van der Waals surface area contributed by atoms with Crippen molar-refractivity contribution in [1.29, 1.82) is 21.2 Å². The Labute approximate surface area is 183 Å². The topological polar surface area (TPSA) is 117 Å². The number of anilines is 1. The maximum absolute atomic E-state index is 10.4.